The van der Waals surface area contributed by atoms with Crippen molar-refractivity contribution in [2.45, 2.75) is 37.6 Å². The van der Waals surface area contributed by atoms with Crippen LogP contribution in [0.25, 0.3) is 0 Å². The Kier molecular flexibility index (Phi) is 6.46. The Labute approximate surface area is 152 Å². The maximum absolute atomic E-state index is 12.4. The minimum Gasteiger partial charge on any atom is -0.343 e. The standard InChI is InChI=1S/C18H21N3O4S/c1-3-5-15(12-22)20-18(23)17-10-14(8-7-13(17)2)21-26(24,25)16-6-4-9-19-11-16/h4,6-12,15,21H,3,5H2,1-2H3,(H,20,23). The Morgan fingerprint density at radius 1 is 1.31 bits per heavy atom. The largest absolute Gasteiger partial charge is 0.343 e. The molecular formula is C18H21N3O4S. The highest BCUT2D eigenvalue weighted by molar-refractivity contribution is 7.92. The second kappa shape index (κ2) is 8.57. The first kappa shape index (κ1) is 19.6. The number of anilines is 1. The van der Waals surface area contributed by atoms with Crippen molar-refractivity contribution >= 4 is 27.9 Å². The molecule has 0 radical (unpaired) electrons. The van der Waals surface area contributed by atoms with E-state index in [-0.39, 0.29) is 10.6 Å². The summed E-state index contributed by atoms with van der Waals surface area (Å²) in [5, 5.41) is 2.65. The molecule has 0 saturated carbocycles. The molecule has 8 heteroatoms. The maximum atomic E-state index is 12.4. The average Bonchev–Trinajstić information content (AvgIpc) is 2.63. The second-order valence-corrected chi connectivity index (χ2v) is 7.51. The van der Waals surface area contributed by atoms with Gasteiger partial charge in [-0.2, -0.15) is 0 Å². The van der Waals surface area contributed by atoms with Crippen molar-refractivity contribution in [1.29, 1.82) is 0 Å². The van der Waals surface area contributed by atoms with E-state index < -0.39 is 22.0 Å². The van der Waals surface area contributed by atoms with E-state index in [0.717, 1.165) is 6.42 Å². The van der Waals surface area contributed by atoms with Crippen LogP contribution in [-0.2, 0) is 14.8 Å². The molecule has 0 saturated heterocycles. The first-order valence-electron chi connectivity index (χ1n) is 8.17. The lowest BCUT2D eigenvalue weighted by Crippen LogP contribution is -2.36. The fourth-order valence-corrected chi connectivity index (χ4v) is 3.39. The fraction of sp³-hybridized carbons (Fsp3) is 0.278. The van der Waals surface area contributed by atoms with E-state index >= 15 is 0 Å². The zero-order valence-corrected chi connectivity index (χ0v) is 15.4. The summed E-state index contributed by atoms with van der Waals surface area (Å²) < 4.78 is 27.2. The molecule has 1 aromatic carbocycles. The number of aryl methyl sites for hydroxylation is 1. The van der Waals surface area contributed by atoms with Gasteiger partial charge in [-0.05, 0) is 43.2 Å². The molecule has 0 aliphatic carbocycles. The van der Waals surface area contributed by atoms with E-state index in [9.17, 15) is 18.0 Å². The Morgan fingerprint density at radius 2 is 2.08 bits per heavy atom. The monoisotopic (exact) mass is 375 g/mol. The predicted molar refractivity (Wildman–Crippen MR) is 98.5 cm³/mol. The number of carbonyl (C=O) groups excluding carboxylic acids is 2. The van der Waals surface area contributed by atoms with Gasteiger partial charge in [-0.1, -0.05) is 19.4 Å². The summed E-state index contributed by atoms with van der Waals surface area (Å²) in [6.45, 7) is 3.66. The predicted octanol–water partition coefficient (Wildman–Crippen LogP) is 2.29. The summed E-state index contributed by atoms with van der Waals surface area (Å²) in [6.07, 6.45) is 4.72. The minimum atomic E-state index is -3.81. The van der Waals surface area contributed by atoms with Crippen molar-refractivity contribution in [2.24, 2.45) is 0 Å². The van der Waals surface area contributed by atoms with Gasteiger partial charge in [-0.3, -0.25) is 14.5 Å². The van der Waals surface area contributed by atoms with Gasteiger partial charge in [0.1, 0.15) is 11.2 Å². The van der Waals surface area contributed by atoms with Crippen LogP contribution < -0.4 is 10.0 Å². The summed E-state index contributed by atoms with van der Waals surface area (Å²) in [4.78, 5) is 27.3. The van der Waals surface area contributed by atoms with Crippen molar-refractivity contribution in [2.75, 3.05) is 4.72 Å². The number of aldehydes is 1. The number of carbonyl (C=O) groups is 2. The molecule has 26 heavy (non-hydrogen) atoms. The van der Waals surface area contributed by atoms with E-state index in [2.05, 4.69) is 15.0 Å². The van der Waals surface area contributed by atoms with E-state index in [0.29, 0.717) is 23.8 Å². The van der Waals surface area contributed by atoms with Crippen LogP contribution in [-0.4, -0.2) is 31.6 Å². The van der Waals surface area contributed by atoms with Crippen LogP contribution in [0.4, 0.5) is 5.69 Å². The third-order valence-electron chi connectivity index (χ3n) is 3.76. The average molecular weight is 375 g/mol. The number of sulfonamides is 1. The Bertz CT molecular complexity index is 883. The number of nitrogens with zero attached hydrogens (tertiary/aromatic N) is 1. The summed E-state index contributed by atoms with van der Waals surface area (Å²) >= 11 is 0. The maximum Gasteiger partial charge on any atom is 0.263 e. The Hall–Kier alpha value is -2.74. The molecule has 7 nitrogen and oxygen atoms in total. The molecule has 1 atom stereocenters. The Morgan fingerprint density at radius 3 is 2.69 bits per heavy atom. The number of hydrogen-bond acceptors (Lipinski definition) is 5. The highest BCUT2D eigenvalue weighted by Gasteiger charge is 2.18. The van der Waals surface area contributed by atoms with Gasteiger partial charge in [-0.25, -0.2) is 8.42 Å². The zero-order valence-electron chi connectivity index (χ0n) is 14.6. The van der Waals surface area contributed by atoms with Gasteiger partial charge in [0.15, 0.2) is 0 Å². The third-order valence-corrected chi connectivity index (χ3v) is 5.13. The minimum absolute atomic E-state index is 0.0236. The molecule has 1 heterocycles. The van der Waals surface area contributed by atoms with Gasteiger partial charge in [0.25, 0.3) is 15.9 Å². The lowest BCUT2D eigenvalue weighted by Gasteiger charge is -2.14. The first-order chi connectivity index (χ1) is 12.4. The number of rotatable bonds is 8. The van der Waals surface area contributed by atoms with E-state index in [1.165, 1.54) is 30.6 Å². The lowest BCUT2D eigenvalue weighted by molar-refractivity contribution is -0.109. The van der Waals surface area contributed by atoms with Crippen LogP contribution in [0, 0.1) is 6.92 Å². The molecule has 0 fully saturated rings. The fourth-order valence-electron chi connectivity index (χ4n) is 2.38. The lowest BCUT2D eigenvalue weighted by atomic mass is 10.1. The van der Waals surface area contributed by atoms with Gasteiger partial charge in [-0.15, -0.1) is 0 Å². The molecule has 1 unspecified atom stereocenters. The zero-order chi connectivity index (χ0) is 19.2. The van der Waals surface area contributed by atoms with Crippen LogP contribution in [0.15, 0.2) is 47.6 Å². The van der Waals surface area contributed by atoms with Crippen LogP contribution in [0.1, 0.15) is 35.7 Å². The van der Waals surface area contributed by atoms with E-state index in [1.807, 2.05) is 6.92 Å². The van der Waals surface area contributed by atoms with E-state index in [4.69, 9.17) is 0 Å². The summed E-state index contributed by atoms with van der Waals surface area (Å²) in [5.74, 6) is -0.421. The summed E-state index contributed by atoms with van der Waals surface area (Å²) in [6, 6.07) is 7.05. The van der Waals surface area contributed by atoms with Gasteiger partial charge in [0, 0.05) is 23.6 Å². The quantitative estimate of drug-likeness (QED) is 0.689. The number of pyridine rings is 1. The molecule has 2 rings (SSSR count). The first-order valence-corrected chi connectivity index (χ1v) is 9.65. The third kappa shape index (κ3) is 4.89. The van der Waals surface area contributed by atoms with Crippen molar-refractivity contribution in [1.82, 2.24) is 10.3 Å². The van der Waals surface area contributed by atoms with Crippen molar-refractivity contribution < 1.29 is 18.0 Å². The second-order valence-electron chi connectivity index (χ2n) is 5.83. The van der Waals surface area contributed by atoms with E-state index in [1.54, 1.807) is 19.1 Å². The van der Waals surface area contributed by atoms with Gasteiger partial charge < -0.3 is 10.1 Å². The SMILES string of the molecule is CCCC(C=O)NC(=O)c1cc(NS(=O)(=O)c2cccnc2)ccc1C. The Balaban J connectivity index is 2.24. The number of benzene rings is 1. The van der Waals surface area contributed by atoms with Gasteiger partial charge >= 0.3 is 0 Å². The molecule has 1 aromatic heterocycles. The molecule has 2 aromatic rings. The smallest absolute Gasteiger partial charge is 0.263 e. The van der Waals surface area contributed by atoms with Crippen LogP contribution in [0.2, 0.25) is 0 Å². The van der Waals surface area contributed by atoms with Crippen molar-refractivity contribution in [3.8, 4) is 0 Å². The molecular weight excluding hydrogens is 354 g/mol. The summed E-state index contributed by atoms with van der Waals surface area (Å²) in [5.41, 5.74) is 1.23. The number of hydrogen-bond donors (Lipinski definition) is 2. The molecule has 0 aliphatic rings. The van der Waals surface area contributed by atoms with Crippen LogP contribution >= 0.6 is 0 Å². The number of nitrogens with one attached hydrogen (secondary N) is 2. The number of amides is 1. The van der Waals surface area contributed by atoms with Gasteiger partial charge in [0.05, 0.1) is 6.04 Å². The highest BCUT2D eigenvalue weighted by Crippen LogP contribution is 2.19. The molecule has 138 valence electrons. The van der Waals surface area contributed by atoms with Gasteiger partial charge in [0.2, 0.25) is 0 Å². The molecule has 1 amide bonds. The molecule has 2 N–H and O–H groups in total. The van der Waals surface area contributed by atoms with Crippen LogP contribution in [0.3, 0.4) is 0 Å². The topological polar surface area (TPSA) is 105 Å². The summed E-state index contributed by atoms with van der Waals surface area (Å²) in [7, 11) is -3.81. The normalized spacial score (nSPS) is 12.2. The van der Waals surface area contributed by atoms with Crippen molar-refractivity contribution in [3.63, 3.8) is 0 Å². The molecule has 0 aliphatic heterocycles. The highest BCUT2D eigenvalue weighted by atomic mass is 32.2. The molecule has 0 bridgehead atoms. The number of aromatic nitrogens is 1. The van der Waals surface area contributed by atoms with Crippen LogP contribution in [0.5, 0.6) is 0 Å². The van der Waals surface area contributed by atoms with Crippen molar-refractivity contribution in [3.05, 3.63) is 53.9 Å². The molecule has 0 spiro atoms.